The molecule has 0 aromatic carbocycles. The zero-order chi connectivity index (χ0) is 11.5. The minimum absolute atomic E-state index is 0.363. The zero-order valence-electron chi connectivity index (χ0n) is 10.6. The highest BCUT2D eigenvalue weighted by Gasteiger charge is 2.58. The van der Waals surface area contributed by atoms with Crippen LogP contribution in [0.5, 0.6) is 0 Å². The average Bonchev–Trinajstić information content (AvgIpc) is 3.04. The first kappa shape index (κ1) is 10.2. The Morgan fingerprint density at radius 3 is 2.65 bits per heavy atom. The van der Waals surface area contributed by atoms with Crippen LogP contribution >= 0.6 is 0 Å². The Labute approximate surface area is 103 Å². The Bertz CT molecular complexity index is 358. The van der Waals surface area contributed by atoms with Gasteiger partial charge in [0.2, 0.25) is 0 Å². The van der Waals surface area contributed by atoms with Gasteiger partial charge in [-0.2, -0.15) is 0 Å². The second kappa shape index (κ2) is 3.39. The summed E-state index contributed by atoms with van der Waals surface area (Å²) < 4.78 is 0. The van der Waals surface area contributed by atoms with Crippen LogP contribution in [-0.2, 0) is 0 Å². The molecule has 3 aliphatic carbocycles. The molecule has 3 heteroatoms. The smallest absolute Gasteiger partial charge is 0.192 e. The normalized spacial score (nSPS) is 45.2. The van der Waals surface area contributed by atoms with E-state index in [0.717, 1.165) is 24.3 Å². The quantitative estimate of drug-likeness (QED) is 0.753. The number of hydrogen-bond donors (Lipinski definition) is 1. The minimum Gasteiger partial charge on any atom is -0.370 e. The van der Waals surface area contributed by atoms with Crippen molar-refractivity contribution in [1.29, 1.82) is 0 Å². The average molecular weight is 233 g/mol. The monoisotopic (exact) mass is 233 g/mol. The topological polar surface area (TPSA) is 41.6 Å². The lowest BCUT2D eigenvalue weighted by atomic mass is 9.79. The SMILES string of the molecule is NC1=NCC2(CC3CCC2C3)N1C1CCCC1. The van der Waals surface area contributed by atoms with Crippen molar-refractivity contribution in [3.05, 3.63) is 0 Å². The Morgan fingerprint density at radius 2 is 2.00 bits per heavy atom. The molecule has 0 saturated heterocycles. The fraction of sp³-hybridized carbons (Fsp3) is 0.929. The molecule has 4 aliphatic rings. The lowest BCUT2D eigenvalue weighted by Crippen LogP contribution is -2.58. The molecule has 3 atom stereocenters. The lowest BCUT2D eigenvalue weighted by molar-refractivity contribution is 0.0876. The van der Waals surface area contributed by atoms with Crippen LogP contribution in [0.3, 0.4) is 0 Å². The van der Waals surface area contributed by atoms with Gasteiger partial charge in [-0.15, -0.1) is 0 Å². The van der Waals surface area contributed by atoms with E-state index in [9.17, 15) is 0 Å². The minimum atomic E-state index is 0.363. The molecule has 3 fully saturated rings. The third-order valence-corrected chi connectivity index (χ3v) is 5.87. The molecule has 94 valence electrons. The number of nitrogens with two attached hydrogens (primary N) is 1. The van der Waals surface area contributed by atoms with Crippen molar-refractivity contribution in [3.63, 3.8) is 0 Å². The summed E-state index contributed by atoms with van der Waals surface area (Å²) in [4.78, 5) is 7.22. The van der Waals surface area contributed by atoms with E-state index in [4.69, 9.17) is 5.73 Å². The maximum absolute atomic E-state index is 6.22. The van der Waals surface area contributed by atoms with Gasteiger partial charge in [0.15, 0.2) is 5.96 Å². The van der Waals surface area contributed by atoms with Crippen molar-refractivity contribution in [2.75, 3.05) is 6.54 Å². The second-order valence-electron chi connectivity index (χ2n) is 6.67. The van der Waals surface area contributed by atoms with Gasteiger partial charge in [-0.1, -0.05) is 12.8 Å². The first-order valence-corrected chi connectivity index (χ1v) is 7.39. The molecule has 4 rings (SSSR count). The summed E-state index contributed by atoms with van der Waals surface area (Å²) in [6.07, 6.45) is 11.2. The molecule has 3 unspecified atom stereocenters. The molecule has 0 radical (unpaired) electrons. The summed E-state index contributed by atoms with van der Waals surface area (Å²) in [6.45, 7) is 0.997. The molecule has 0 aromatic heterocycles. The number of fused-ring (bicyclic) bond motifs is 3. The van der Waals surface area contributed by atoms with Crippen molar-refractivity contribution in [2.45, 2.75) is 62.9 Å². The zero-order valence-corrected chi connectivity index (χ0v) is 10.6. The fourth-order valence-electron chi connectivity index (χ4n) is 5.22. The van der Waals surface area contributed by atoms with Gasteiger partial charge in [0.1, 0.15) is 0 Å². The van der Waals surface area contributed by atoms with Gasteiger partial charge < -0.3 is 10.6 Å². The van der Waals surface area contributed by atoms with Crippen LogP contribution in [0.4, 0.5) is 0 Å². The first-order valence-electron chi connectivity index (χ1n) is 7.39. The molecule has 0 aromatic rings. The number of hydrogen-bond acceptors (Lipinski definition) is 3. The fourth-order valence-corrected chi connectivity index (χ4v) is 5.22. The van der Waals surface area contributed by atoms with E-state index in [1.54, 1.807) is 0 Å². The summed E-state index contributed by atoms with van der Waals surface area (Å²) in [7, 11) is 0. The van der Waals surface area contributed by atoms with Gasteiger partial charge in [-0.3, -0.25) is 4.99 Å². The number of guanidine groups is 1. The van der Waals surface area contributed by atoms with E-state index in [2.05, 4.69) is 9.89 Å². The van der Waals surface area contributed by atoms with E-state index in [1.807, 2.05) is 0 Å². The third kappa shape index (κ3) is 1.26. The molecule has 0 amide bonds. The molecule has 17 heavy (non-hydrogen) atoms. The van der Waals surface area contributed by atoms with Gasteiger partial charge in [0, 0.05) is 6.04 Å². The Kier molecular flexibility index (Phi) is 2.04. The molecule has 2 bridgehead atoms. The first-order chi connectivity index (χ1) is 8.29. The molecular formula is C14H23N3. The van der Waals surface area contributed by atoms with Gasteiger partial charge in [-0.05, 0) is 50.4 Å². The van der Waals surface area contributed by atoms with Crippen LogP contribution in [0.15, 0.2) is 4.99 Å². The summed E-state index contributed by atoms with van der Waals surface area (Å²) in [5.41, 5.74) is 6.58. The number of nitrogens with zero attached hydrogens (tertiary/aromatic N) is 2. The maximum Gasteiger partial charge on any atom is 0.192 e. The second-order valence-corrected chi connectivity index (χ2v) is 6.67. The number of rotatable bonds is 1. The number of aliphatic imine (C=N–C) groups is 1. The van der Waals surface area contributed by atoms with Gasteiger partial charge in [-0.25, -0.2) is 0 Å². The highest BCUT2D eigenvalue weighted by molar-refractivity contribution is 5.81. The van der Waals surface area contributed by atoms with Crippen molar-refractivity contribution in [3.8, 4) is 0 Å². The summed E-state index contributed by atoms with van der Waals surface area (Å²) in [5.74, 6) is 2.73. The van der Waals surface area contributed by atoms with E-state index >= 15 is 0 Å². The highest BCUT2D eigenvalue weighted by Crippen LogP contribution is 2.56. The Hall–Kier alpha value is -0.730. The van der Waals surface area contributed by atoms with E-state index in [-0.39, 0.29) is 0 Å². The van der Waals surface area contributed by atoms with Crippen molar-refractivity contribution >= 4 is 5.96 Å². The van der Waals surface area contributed by atoms with Crippen molar-refractivity contribution < 1.29 is 0 Å². The molecule has 2 N–H and O–H groups in total. The maximum atomic E-state index is 6.22. The molecule has 1 heterocycles. The van der Waals surface area contributed by atoms with Crippen LogP contribution in [-0.4, -0.2) is 29.0 Å². The highest BCUT2D eigenvalue weighted by atomic mass is 15.4. The van der Waals surface area contributed by atoms with Crippen molar-refractivity contribution in [2.24, 2.45) is 22.6 Å². The third-order valence-electron chi connectivity index (χ3n) is 5.87. The molecular weight excluding hydrogens is 210 g/mol. The van der Waals surface area contributed by atoms with E-state index in [1.165, 1.54) is 51.4 Å². The Balaban J connectivity index is 1.67. The van der Waals surface area contributed by atoms with Crippen LogP contribution in [0.1, 0.15) is 51.4 Å². The standard InChI is InChI=1S/C14H23N3/c15-13-16-9-14(8-10-5-6-11(14)7-10)17(13)12-3-1-2-4-12/h10-12H,1-9H2,(H2,15,16). The predicted molar refractivity (Wildman–Crippen MR) is 68.8 cm³/mol. The summed E-state index contributed by atoms with van der Waals surface area (Å²) in [6, 6.07) is 0.709. The Morgan fingerprint density at radius 1 is 1.18 bits per heavy atom. The summed E-state index contributed by atoms with van der Waals surface area (Å²) >= 11 is 0. The predicted octanol–water partition coefficient (Wildman–Crippen LogP) is 2.12. The van der Waals surface area contributed by atoms with Crippen molar-refractivity contribution in [1.82, 2.24) is 4.90 Å². The van der Waals surface area contributed by atoms with E-state index < -0.39 is 0 Å². The van der Waals surface area contributed by atoms with E-state index in [0.29, 0.717) is 11.6 Å². The van der Waals surface area contributed by atoms with Crippen LogP contribution in [0.2, 0.25) is 0 Å². The molecule has 1 spiro atoms. The largest absolute Gasteiger partial charge is 0.370 e. The molecule has 1 aliphatic heterocycles. The lowest BCUT2D eigenvalue weighted by Gasteiger charge is -2.45. The molecule has 3 nitrogen and oxygen atoms in total. The molecule has 3 saturated carbocycles. The van der Waals surface area contributed by atoms with Crippen LogP contribution in [0.25, 0.3) is 0 Å². The van der Waals surface area contributed by atoms with Crippen LogP contribution < -0.4 is 5.73 Å². The van der Waals surface area contributed by atoms with Gasteiger partial charge >= 0.3 is 0 Å². The van der Waals surface area contributed by atoms with Crippen LogP contribution in [0, 0.1) is 11.8 Å². The summed E-state index contributed by atoms with van der Waals surface area (Å²) in [5, 5.41) is 0. The van der Waals surface area contributed by atoms with Gasteiger partial charge in [0.05, 0.1) is 12.1 Å². The van der Waals surface area contributed by atoms with Gasteiger partial charge in [0.25, 0.3) is 0 Å².